The van der Waals surface area contributed by atoms with Crippen molar-refractivity contribution in [3.05, 3.63) is 47.7 Å². The lowest BCUT2D eigenvalue weighted by Gasteiger charge is -2.33. The number of rotatable bonds is 5. The maximum Gasteiger partial charge on any atom is 0.227 e. The number of amides is 1. The highest BCUT2D eigenvalue weighted by atomic mass is 16.5. The van der Waals surface area contributed by atoms with Crippen LogP contribution in [0.3, 0.4) is 0 Å². The Bertz CT molecular complexity index is 865. The first-order valence-electron chi connectivity index (χ1n) is 10.1. The molecule has 7 nitrogen and oxygen atoms in total. The van der Waals surface area contributed by atoms with Gasteiger partial charge in [0, 0.05) is 38.9 Å². The molecule has 1 aromatic heterocycles. The number of carbonyl (C=O) groups is 1. The quantitative estimate of drug-likeness (QED) is 0.830. The van der Waals surface area contributed by atoms with E-state index in [2.05, 4.69) is 33.2 Å². The summed E-state index contributed by atoms with van der Waals surface area (Å²) in [4.78, 5) is 21.8. The monoisotopic (exact) mass is 396 g/mol. The second kappa shape index (κ2) is 8.69. The molecule has 2 aliphatic rings. The molecule has 3 heterocycles. The molecule has 1 atom stereocenters. The van der Waals surface area contributed by atoms with Gasteiger partial charge >= 0.3 is 0 Å². The minimum atomic E-state index is -0.200. The van der Waals surface area contributed by atoms with Crippen molar-refractivity contribution >= 4 is 11.7 Å². The van der Waals surface area contributed by atoms with Crippen LogP contribution >= 0.6 is 0 Å². The number of benzene rings is 1. The van der Waals surface area contributed by atoms with Gasteiger partial charge in [-0.1, -0.05) is 0 Å². The van der Waals surface area contributed by atoms with E-state index >= 15 is 0 Å². The van der Waals surface area contributed by atoms with E-state index in [4.69, 9.17) is 9.47 Å². The zero-order valence-corrected chi connectivity index (χ0v) is 17.1. The minimum absolute atomic E-state index is 0.0106. The third-order valence-corrected chi connectivity index (χ3v) is 5.65. The fourth-order valence-corrected chi connectivity index (χ4v) is 3.78. The molecule has 2 aliphatic heterocycles. The van der Waals surface area contributed by atoms with E-state index in [-0.39, 0.29) is 11.8 Å². The number of methoxy groups -OCH3 is 1. The maximum absolute atomic E-state index is 12.7. The van der Waals surface area contributed by atoms with Gasteiger partial charge in [0.05, 0.1) is 13.0 Å². The van der Waals surface area contributed by atoms with Crippen molar-refractivity contribution in [3.8, 4) is 11.5 Å². The van der Waals surface area contributed by atoms with Crippen molar-refractivity contribution in [1.29, 1.82) is 0 Å². The standard InChI is InChI=1S/C22H28N4O3/c1-25-7-9-26(10-8-25)21-11-16(5-6-23-21)14-24-22(27)18-12-17-13-19(28-2)3-4-20(17)29-15-18/h3-6,11,13,18H,7-10,12,14-15H2,1-2H3,(H,24,27)/t18-/m0/s1. The molecule has 0 radical (unpaired) electrons. The fourth-order valence-electron chi connectivity index (χ4n) is 3.78. The Balaban J connectivity index is 1.34. The summed E-state index contributed by atoms with van der Waals surface area (Å²) in [6.07, 6.45) is 2.47. The number of piperazine rings is 1. The van der Waals surface area contributed by atoms with Gasteiger partial charge in [-0.3, -0.25) is 4.79 Å². The number of hydrogen-bond acceptors (Lipinski definition) is 6. The molecule has 0 aliphatic carbocycles. The van der Waals surface area contributed by atoms with E-state index in [1.807, 2.05) is 30.5 Å². The summed E-state index contributed by atoms with van der Waals surface area (Å²) in [7, 11) is 3.78. The average Bonchev–Trinajstić information content (AvgIpc) is 2.77. The predicted molar refractivity (Wildman–Crippen MR) is 111 cm³/mol. The SMILES string of the molecule is COc1ccc2c(c1)C[C@H](C(=O)NCc1ccnc(N3CCN(C)CC3)c1)CO2. The van der Waals surface area contributed by atoms with Crippen LogP contribution in [0.1, 0.15) is 11.1 Å². The largest absolute Gasteiger partial charge is 0.497 e. The van der Waals surface area contributed by atoms with E-state index in [0.29, 0.717) is 19.6 Å². The zero-order valence-electron chi connectivity index (χ0n) is 17.1. The Morgan fingerprint density at radius 1 is 1.24 bits per heavy atom. The number of likely N-dealkylation sites (N-methyl/N-ethyl adjacent to an activating group) is 1. The summed E-state index contributed by atoms with van der Waals surface area (Å²) in [5.74, 6) is 2.40. The van der Waals surface area contributed by atoms with Crippen LogP contribution in [0, 0.1) is 5.92 Å². The molecule has 0 unspecified atom stereocenters. The number of pyridine rings is 1. The molecular weight excluding hydrogens is 368 g/mol. The van der Waals surface area contributed by atoms with E-state index in [0.717, 1.165) is 54.6 Å². The van der Waals surface area contributed by atoms with Gasteiger partial charge in [0.15, 0.2) is 0 Å². The number of fused-ring (bicyclic) bond motifs is 1. The van der Waals surface area contributed by atoms with Crippen LogP contribution in [0.15, 0.2) is 36.5 Å². The summed E-state index contributed by atoms with van der Waals surface area (Å²) in [5.41, 5.74) is 2.07. The molecule has 0 bridgehead atoms. The first-order chi connectivity index (χ1) is 14.1. The fraction of sp³-hybridized carbons (Fsp3) is 0.455. The van der Waals surface area contributed by atoms with Crippen LogP contribution in [0.5, 0.6) is 11.5 Å². The second-order valence-corrected chi connectivity index (χ2v) is 7.72. The number of hydrogen-bond donors (Lipinski definition) is 1. The van der Waals surface area contributed by atoms with Crippen LogP contribution in [0.2, 0.25) is 0 Å². The van der Waals surface area contributed by atoms with Gasteiger partial charge in [-0.05, 0) is 54.9 Å². The summed E-state index contributed by atoms with van der Waals surface area (Å²) in [5, 5.41) is 3.06. The zero-order chi connectivity index (χ0) is 20.2. The molecule has 0 saturated carbocycles. The Hall–Kier alpha value is -2.80. The molecule has 4 rings (SSSR count). The molecule has 2 aromatic rings. The number of aromatic nitrogens is 1. The summed E-state index contributed by atoms with van der Waals surface area (Å²) < 4.78 is 11.1. The van der Waals surface area contributed by atoms with E-state index < -0.39 is 0 Å². The molecule has 29 heavy (non-hydrogen) atoms. The molecule has 1 N–H and O–H groups in total. The van der Waals surface area contributed by atoms with Crippen LogP contribution in [0.4, 0.5) is 5.82 Å². The Morgan fingerprint density at radius 2 is 2.07 bits per heavy atom. The molecular formula is C22H28N4O3. The highest BCUT2D eigenvalue weighted by Crippen LogP contribution is 2.30. The summed E-state index contributed by atoms with van der Waals surface area (Å²) in [6, 6.07) is 9.75. The van der Waals surface area contributed by atoms with E-state index in [9.17, 15) is 4.79 Å². The highest BCUT2D eigenvalue weighted by Gasteiger charge is 2.26. The number of nitrogens with zero attached hydrogens (tertiary/aromatic N) is 3. The Labute approximate surface area is 171 Å². The van der Waals surface area contributed by atoms with Gasteiger partial charge < -0.3 is 24.6 Å². The van der Waals surface area contributed by atoms with Gasteiger partial charge in [-0.25, -0.2) is 4.98 Å². The van der Waals surface area contributed by atoms with Crippen LogP contribution < -0.4 is 19.7 Å². The average molecular weight is 396 g/mol. The molecule has 1 fully saturated rings. The first kappa shape index (κ1) is 19.5. The van der Waals surface area contributed by atoms with Gasteiger partial charge in [0.2, 0.25) is 5.91 Å². The summed E-state index contributed by atoms with van der Waals surface area (Å²) >= 11 is 0. The topological polar surface area (TPSA) is 66.9 Å². The van der Waals surface area contributed by atoms with Crippen molar-refractivity contribution in [3.63, 3.8) is 0 Å². The Morgan fingerprint density at radius 3 is 2.86 bits per heavy atom. The molecule has 7 heteroatoms. The lowest BCUT2D eigenvalue weighted by atomic mass is 9.95. The summed E-state index contributed by atoms with van der Waals surface area (Å²) in [6.45, 7) is 4.91. The van der Waals surface area contributed by atoms with Crippen LogP contribution in [-0.4, -0.2) is 62.7 Å². The van der Waals surface area contributed by atoms with Gasteiger partial charge in [0.25, 0.3) is 0 Å². The number of carbonyl (C=O) groups excluding carboxylic acids is 1. The van der Waals surface area contributed by atoms with Crippen LogP contribution in [-0.2, 0) is 17.8 Å². The molecule has 1 aromatic carbocycles. The van der Waals surface area contributed by atoms with Crippen molar-refractivity contribution in [1.82, 2.24) is 15.2 Å². The molecule has 154 valence electrons. The minimum Gasteiger partial charge on any atom is -0.497 e. The van der Waals surface area contributed by atoms with Gasteiger partial charge in [-0.2, -0.15) is 0 Å². The normalized spacial score (nSPS) is 19.2. The number of ether oxygens (including phenoxy) is 2. The molecule has 1 amide bonds. The third-order valence-electron chi connectivity index (χ3n) is 5.65. The lowest BCUT2D eigenvalue weighted by Crippen LogP contribution is -2.44. The van der Waals surface area contributed by atoms with Crippen molar-refractivity contribution in [2.24, 2.45) is 5.92 Å². The van der Waals surface area contributed by atoms with Gasteiger partial charge in [0.1, 0.15) is 23.9 Å². The third kappa shape index (κ3) is 4.62. The lowest BCUT2D eigenvalue weighted by molar-refractivity contribution is -0.126. The second-order valence-electron chi connectivity index (χ2n) is 7.72. The number of anilines is 1. The van der Waals surface area contributed by atoms with Crippen molar-refractivity contribution in [2.75, 3.05) is 51.8 Å². The smallest absolute Gasteiger partial charge is 0.227 e. The number of nitrogens with one attached hydrogen (secondary N) is 1. The van der Waals surface area contributed by atoms with E-state index in [1.54, 1.807) is 7.11 Å². The molecule has 1 saturated heterocycles. The predicted octanol–water partition coefficient (Wildman–Crippen LogP) is 1.71. The Kier molecular flexibility index (Phi) is 5.85. The molecule has 0 spiro atoms. The maximum atomic E-state index is 12.7. The van der Waals surface area contributed by atoms with Crippen molar-refractivity contribution in [2.45, 2.75) is 13.0 Å². The highest BCUT2D eigenvalue weighted by molar-refractivity contribution is 5.79. The van der Waals surface area contributed by atoms with Crippen LogP contribution in [0.25, 0.3) is 0 Å². The first-order valence-corrected chi connectivity index (χ1v) is 10.1. The van der Waals surface area contributed by atoms with Crippen molar-refractivity contribution < 1.29 is 14.3 Å². The van der Waals surface area contributed by atoms with Gasteiger partial charge in [-0.15, -0.1) is 0 Å². The van der Waals surface area contributed by atoms with E-state index in [1.165, 1.54) is 0 Å².